The number of methoxy groups -OCH3 is 1. The number of imide groups is 1. The first-order chi connectivity index (χ1) is 7.24. The topological polar surface area (TPSA) is 58.6 Å². The van der Waals surface area contributed by atoms with Gasteiger partial charge in [-0.1, -0.05) is 0 Å². The van der Waals surface area contributed by atoms with Crippen molar-refractivity contribution < 1.29 is 14.3 Å². The molecule has 0 aromatic heterocycles. The van der Waals surface area contributed by atoms with E-state index in [4.69, 9.17) is 4.74 Å². The molecule has 0 aliphatic carbocycles. The molecule has 2 aliphatic rings. The summed E-state index contributed by atoms with van der Waals surface area (Å²) in [4.78, 5) is 24.8. The van der Waals surface area contributed by atoms with Crippen molar-refractivity contribution in [1.82, 2.24) is 10.2 Å². The van der Waals surface area contributed by atoms with Gasteiger partial charge in [0.15, 0.2) is 0 Å². The number of hydrogen-bond donors (Lipinski definition) is 1. The molecule has 2 saturated heterocycles. The molecule has 0 spiro atoms. The number of hydrogen-bond acceptors (Lipinski definition) is 4. The average Bonchev–Trinajstić information content (AvgIpc) is 2.65. The Morgan fingerprint density at radius 1 is 1.27 bits per heavy atom. The van der Waals surface area contributed by atoms with Crippen molar-refractivity contribution in [3.8, 4) is 0 Å². The van der Waals surface area contributed by atoms with Crippen molar-refractivity contribution in [1.29, 1.82) is 0 Å². The van der Waals surface area contributed by atoms with Crippen molar-refractivity contribution in [3.63, 3.8) is 0 Å². The van der Waals surface area contributed by atoms with Crippen LogP contribution in [0.5, 0.6) is 0 Å². The summed E-state index contributed by atoms with van der Waals surface area (Å²) in [5.74, 6) is -0.107. The molecule has 0 aromatic rings. The minimum Gasteiger partial charge on any atom is -0.378 e. The maximum absolute atomic E-state index is 11.7. The summed E-state index contributed by atoms with van der Waals surface area (Å²) in [6, 6.07) is -0.115. The van der Waals surface area contributed by atoms with Crippen LogP contribution in [0.1, 0.15) is 19.3 Å². The van der Waals surface area contributed by atoms with Gasteiger partial charge in [0.25, 0.3) is 0 Å². The van der Waals surface area contributed by atoms with Crippen LogP contribution < -0.4 is 5.32 Å². The zero-order valence-electron chi connectivity index (χ0n) is 8.86. The first-order valence-corrected chi connectivity index (χ1v) is 5.32. The van der Waals surface area contributed by atoms with Crippen molar-refractivity contribution in [2.45, 2.75) is 31.4 Å². The molecule has 0 saturated carbocycles. The number of carbonyl (C=O) groups excluding carboxylic acids is 2. The lowest BCUT2D eigenvalue weighted by atomic mass is 10.0. The molecule has 0 aromatic carbocycles. The Bertz CT molecular complexity index is 264. The highest BCUT2D eigenvalue weighted by Crippen LogP contribution is 2.20. The molecule has 5 nitrogen and oxygen atoms in total. The quantitative estimate of drug-likeness (QED) is 0.628. The van der Waals surface area contributed by atoms with Crippen LogP contribution in [0.4, 0.5) is 0 Å². The molecular weight excluding hydrogens is 196 g/mol. The van der Waals surface area contributed by atoms with E-state index in [2.05, 4.69) is 5.32 Å². The molecule has 2 unspecified atom stereocenters. The van der Waals surface area contributed by atoms with E-state index in [1.807, 2.05) is 0 Å². The highest BCUT2D eigenvalue weighted by atomic mass is 16.5. The van der Waals surface area contributed by atoms with Gasteiger partial charge in [0.1, 0.15) is 0 Å². The maximum atomic E-state index is 11.7. The molecule has 2 heterocycles. The van der Waals surface area contributed by atoms with Crippen molar-refractivity contribution in [3.05, 3.63) is 0 Å². The van der Waals surface area contributed by atoms with E-state index in [1.165, 1.54) is 4.90 Å². The van der Waals surface area contributed by atoms with E-state index >= 15 is 0 Å². The Hall–Kier alpha value is -0.940. The number of likely N-dealkylation sites (tertiary alicyclic amines) is 1. The van der Waals surface area contributed by atoms with E-state index in [9.17, 15) is 9.59 Å². The molecule has 2 aliphatic heterocycles. The molecule has 0 bridgehead atoms. The number of nitrogens with one attached hydrogen (secondary N) is 1. The second-order valence-corrected chi connectivity index (χ2v) is 4.01. The molecule has 84 valence electrons. The van der Waals surface area contributed by atoms with Crippen LogP contribution in [0.3, 0.4) is 0 Å². The van der Waals surface area contributed by atoms with E-state index in [0.717, 1.165) is 0 Å². The Kier molecular flexibility index (Phi) is 3.02. The molecule has 0 radical (unpaired) electrons. The Balaban J connectivity index is 2.13. The van der Waals surface area contributed by atoms with Crippen LogP contribution in [0.15, 0.2) is 0 Å². The lowest BCUT2D eigenvalue weighted by Crippen LogP contribution is -2.52. The van der Waals surface area contributed by atoms with Gasteiger partial charge in [-0.05, 0) is 6.42 Å². The third kappa shape index (κ3) is 1.89. The lowest BCUT2D eigenvalue weighted by molar-refractivity contribution is -0.153. The van der Waals surface area contributed by atoms with Crippen LogP contribution >= 0.6 is 0 Å². The number of amides is 2. The molecular formula is C10H16N2O3. The third-order valence-corrected chi connectivity index (χ3v) is 3.08. The molecule has 5 heteroatoms. The summed E-state index contributed by atoms with van der Waals surface area (Å²) in [6.45, 7) is 1.36. The van der Waals surface area contributed by atoms with Gasteiger partial charge in [0.05, 0.1) is 12.1 Å². The Morgan fingerprint density at radius 3 is 2.53 bits per heavy atom. The molecule has 2 fully saturated rings. The summed E-state index contributed by atoms with van der Waals surface area (Å²) in [6.07, 6.45) is 1.60. The predicted molar refractivity (Wildman–Crippen MR) is 53.2 cm³/mol. The predicted octanol–water partition coefficient (Wildman–Crippen LogP) is -0.488. The second kappa shape index (κ2) is 4.28. The first kappa shape index (κ1) is 10.6. The highest BCUT2D eigenvalue weighted by molar-refractivity contribution is 5.98. The summed E-state index contributed by atoms with van der Waals surface area (Å²) >= 11 is 0. The maximum Gasteiger partial charge on any atom is 0.229 e. The average molecular weight is 212 g/mol. The van der Waals surface area contributed by atoms with Crippen molar-refractivity contribution >= 4 is 11.8 Å². The molecule has 1 N–H and O–H groups in total. The van der Waals surface area contributed by atoms with E-state index < -0.39 is 0 Å². The van der Waals surface area contributed by atoms with Crippen LogP contribution in [0, 0.1) is 0 Å². The van der Waals surface area contributed by atoms with Gasteiger partial charge in [0, 0.05) is 33.0 Å². The largest absolute Gasteiger partial charge is 0.378 e. The van der Waals surface area contributed by atoms with Crippen LogP contribution in [0.25, 0.3) is 0 Å². The Morgan fingerprint density at radius 2 is 1.93 bits per heavy atom. The summed E-state index contributed by atoms with van der Waals surface area (Å²) < 4.78 is 5.27. The summed E-state index contributed by atoms with van der Waals surface area (Å²) in [5.41, 5.74) is 0. The number of piperidine rings is 1. The first-order valence-electron chi connectivity index (χ1n) is 5.32. The van der Waals surface area contributed by atoms with Gasteiger partial charge in [0.2, 0.25) is 11.8 Å². The van der Waals surface area contributed by atoms with Gasteiger partial charge in [-0.2, -0.15) is 0 Å². The van der Waals surface area contributed by atoms with Crippen molar-refractivity contribution in [2.24, 2.45) is 0 Å². The van der Waals surface area contributed by atoms with E-state index in [-0.39, 0.29) is 24.0 Å². The van der Waals surface area contributed by atoms with Gasteiger partial charge >= 0.3 is 0 Å². The zero-order valence-corrected chi connectivity index (χ0v) is 8.86. The minimum atomic E-state index is -0.115. The van der Waals surface area contributed by atoms with Gasteiger partial charge in [-0.15, -0.1) is 0 Å². The summed E-state index contributed by atoms with van der Waals surface area (Å²) in [7, 11) is 1.61. The standard InChI is InChI=1S/C10H16N2O3/c1-15-8-6-11-5-7(8)12-9(13)3-2-4-10(12)14/h7-8,11H,2-6H2,1H3. The second-order valence-electron chi connectivity index (χ2n) is 4.01. The van der Waals surface area contributed by atoms with Gasteiger partial charge in [-0.3, -0.25) is 14.5 Å². The fourth-order valence-corrected chi connectivity index (χ4v) is 2.28. The van der Waals surface area contributed by atoms with E-state index in [1.54, 1.807) is 7.11 Å². The molecule has 15 heavy (non-hydrogen) atoms. The number of ether oxygens (including phenoxy) is 1. The zero-order chi connectivity index (χ0) is 10.8. The Labute approximate surface area is 88.8 Å². The fourth-order valence-electron chi connectivity index (χ4n) is 2.28. The molecule has 2 amide bonds. The lowest BCUT2D eigenvalue weighted by Gasteiger charge is -2.32. The highest BCUT2D eigenvalue weighted by Gasteiger charge is 2.39. The molecule has 2 atom stereocenters. The number of nitrogens with zero attached hydrogens (tertiary/aromatic N) is 1. The van der Waals surface area contributed by atoms with Crippen molar-refractivity contribution in [2.75, 3.05) is 20.2 Å². The van der Waals surface area contributed by atoms with Crippen LogP contribution in [-0.4, -0.2) is 49.1 Å². The van der Waals surface area contributed by atoms with Gasteiger partial charge in [-0.25, -0.2) is 0 Å². The smallest absolute Gasteiger partial charge is 0.229 e. The molecule has 2 rings (SSSR count). The van der Waals surface area contributed by atoms with Crippen LogP contribution in [0.2, 0.25) is 0 Å². The number of rotatable bonds is 2. The fraction of sp³-hybridized carbons (Fsp3) is 0.800. The van der Waals surface area contributed by atoms with E-state index in [0.29, 0.717) is 32.4 Å². The van der Waals surface area contributed by atoms with Gasteiger partial charge < -0.3 is 10.1 Å². The summed E-state index contributed by atoms with van der Waals surface area (Å²) in [5, 5.41) is 3.14. The normalized spacial score (nSPS) is 32.5. The SMILES string of the molecule is COC1CNCC1N1C(=O)CCCC1=O. The minimum absolute atomic E-state index is 0.0537. The van der Waals surface area contributed by atoms with Crippen LogP contribution in [-0.2, 0) is 14.3 Å². The third-order valence-electron chi connectivity index (χ3n) is 3.08. The number of carbonyl (C=O) groups is 2. The monoisotopic (exact) mass is 212 g/mol.